The molecule has 0 fully saturated rings. The normalized spacial score (nSPS) is 13.4. The number of fused-ring (bicyclic) bond motifs is 4. The van der Waals surface area contributed by atoms with Crippen LogP contribution >= 0.6 is 0 Å². The predicted molar refractivity (Wildman–Crippen MR) is 129 cm³/mol. The Hall–Kier alpha value is -4.28. The van der Waals surface area contributed by atoms with Gasteiger partial charge in [0.25, 0.3) is 0 Å². The van der Waals surface area contributed by atoms with Crippen LogP contribution in [0.2, 0.25) is 0 Å². The van der Waals surface area contributed by atoms with Gasteiger partial charge in [0, 0.05) is 36.5 Å². The zero-order valence-corrected chi connectivity index (χ0v) is 20.0. The third-order valence-corrected chi connectivity index (χ3v) is 7.02. The van der Waals surface area contributed by atoms with Crippen LogP contribution in [0.3, 0.4) is 0 Å². The average molecular weight is 528 g/mol. The third-order valence-electron chi connectivity index (χ3n) is 7.02. The number of aryl methyl sites for hydroxylation is 2. The first-order valence-electron chi connectivity index (χ1n) is 11.6. The van der Waals surface area contributed by atoms with E-state index in [9.17, 15) is 31.1 Å². The molecule has 1 N–H and O–H groups in total. The van der Waals surface area contributed by atoms with E-state index in [4.69, 9.17) is 0 Å². The highest BCUT2D eigenvalue weighted by atomic mass is 19.4. The first-order valence-corrected chi connectivity index (χ1v) is 11.6. The van der Waals surface area contributed by atoms with E-state index < -0.39 is 40.5 Å². The summed E-state index contributed by atoms with van der Waals surface area (Å²) in [5, 5.41) is 3.13. The standard InChI is InChI=1S/C27H18F6N4O/c1-12-35-23-19(36(12)2)11-16(27(31,32)33)21-15-4-3-7-37-20(10-13(25(15)37)5-6-34-24(21)23)26(38)14-8-17(28)22(30)18(29)9-14/h3-4,7-11,34H,5-6H2,1-2H3. The van der Waals surface area contributed by atoms with E-state index in [1.165, 1.54) is 28.8 Å². The second-order valence-corrected chi connectivity index (χ2v) is 9.21. The predicted octanol–water partition coefficient (Wildman–Crippen LogP) is 6.44. The first kappa shape index (κ1) is 24.1. The van der Waals surface area contributed by atoms with Crippen LogP contribution in [0.4, 0.5) is 32.0 Å². The molecule has 5 aromatic rings. The quantitative estimate of drug-likeness (QED) is 0.163. The number of benzene rings is 2. The van der Waals surface area contributed by atoms with Gasteiger partial charge in [-0.1, -0.05) is 6.07 Å². The Morgan fingerprint density at radius 3 is 2.47 bits per heavy atom. The maximum atomic E-state index is 14.5. The van der Waals surface area contributed by atoms with Crippen LogP contribution in [0.1, 0.15) is 33.0 Å². The number of alkyl halides is 3. The fraction of sp³-hybridized carbons (Fsp3) is 0.185. The van der Waals surface area contributed by atoms with Crippen LogP contribution in [0.25, 0.3) is 27.7 Å². The van der Waals surface area contributed by atoms with E-state index in [1.54, 1.807) is 18.5 Å². The Morgan fingerprint density at radius 1 is 1.08 bits per heavy atom. The van der Waals surface area contributed by atoms with Gasteiger partial charge in [0.05, 0.1) is 28.0 Å². The van der Waals surface area contributed by atoms with Crippen molar-refractivity contribution in [2.45, 2.75) is 19.5 Å². The number of rotatable bonds is 2. The van der Waals surface area contributed by atoms with Crippen molar-refractivity contribution in [2.75, 3.05) is 11.9 Å². The molecule has 194 valence electrons. The summed E-state index contributed by atoms with van der Waals surface area (Å²) in [6.45, 7) is 1.94. The maximum absolute atomic E-state index is 14.5. The van der Waals surface area contributed by atoms with E-state index in [2.05, 4.69) is 10.3 Å². The van der Waals surface area contributed by atoms with E-state index in [0.29, 0.717) is 46.5 Å². The number of hydrogen-bond donors (Lipinski definition) is 1. The summed E-state index contributed by atoms with van der Waals surface area (Å²) in [4.78, 5) is 17.8. The van der Waals surface area contributed by atoms with E-state index in [-0.39, 0.29) is 29.1 Å². The van der Waals surface area contributed by atoms with Crippen molar-refractivity contribution in [3.8, 4) is 11.1 Å². The molecule has 11 heteroatoms. The number of anilines is 1. The Balaban J connectivity index is 1.67. The van der Waals surface area contributed by atoms with Gasteiger partial charge in [-0.15, -0.1) is 0 Å². The molecule has 6 rings (SSSR count). The molecule has 0 spiro atoms. The second kappa shape index (κ2) is 8.11. The molecule has 0 bridgehead atoms. The number of halogens is 6. The fourth-order valence-electron chi connectivity index (χ4n) is 5.18. The van der Waals surface area contributed by atoms with Crippen LogP contribution in [-0.4, -0.2) is 26.3 Å². The lowest BCUT2D eigenvalue weighted by atomic mass is 9.93. The molecule has 38 heavy (non-hydrogen) atoms. The molecule has 0 saturated carbocycles. The number of nitrogens with one attached hydrogen (secondary N) is 1. The lowest BCUT2D eigenvalue weighted by Gasteiger charge is -2.22. The lowest BCUT2D eigenvalue weighted by Crippen LogP contribution is -2.15. The summed E-state index contributed by atoms with van der Waals surface area (Å²) in [6.07, 6.45) is -2.88. The summed E-state index contributed by atoms with van der Waals surface area (Å²) in [6, 6.07) is 6.78. The van der Waals surface area contributed by atoms with Crippen molar-refractivity contribution in [1.82, 2.24) is 14.0 Å². The molecular weight excluding hydrogens is 510 g/mol. The monoisotopic (exact) mass is 528 g/mol. The van der Waals surface area contributed by atoms with Gasteiger partial charge in [-0.25, -0.2) is 18.2 Å². The molecule has 5 nitrogen and oxygen atoms in total. The number of nitrogens with zero attached hydrogens (tertiary/aromatic N) is 3. The highest BCUT2D eigenvalue weighted by molar-refractivity contribution is 6.10. The van der Waals surface area contributed by atoms with Crippen LogP contribution < -0.4 is 5.32 Å². The summed E-state index contributed by atoms with van der Waals surface area (Å²) in [7, 11) is 1.64. The zero-order chi connectivity index (χ0) is 27.1. The van der Waals surface area contributed by atoms with Crippen LogP contribution in [-0.2, 0) is 19.6 Å². The molecule has 0 saturated heterocycles. The summed E-state index contributed by atoms with van der Waals surface area (Å²) < 4.78 is 87.6. The van der Waals surface area contributed by atoms with Gasteiger partial charge >= 0.3 is 6.18 Å². The van der Waals surface area contributed by atoms with E-state index in [1.807, 2.05) is 0 Å². The van der Waals surface area contributed by atoms with Gasteiger partial charge in [-0.2, -0.15) is 13.2 Å². The van der Waals surface area contributed by atoms with Crippen molar-refractivity contribution < 1.29 is 31.1 Å². The molecule has 0 radical (unpaired) electrons. The third kappa shape index (κ3) is 3.41. The molecule has 0 aliphatic carbocycles. The molecule has 0 atom stereocenters. The number of carbonyl (C=O) groups excluding carboxylic acids is 1. The SMILES string of the molecule is Cc1nc2c3c(c(C(F)(F)F)cc2n1C)-c1cccn2c(C(=O)c4cc(F)c(F)c(F)c4)cc(c12)CCN3. The minimum absolute atomic E-state index is 0.0194. The molecule has 4 heterocycles. The minimum atomic E-state index is -4.71. The Kier molecular flexibility index (Phi) is 5.14. The van der Waals surface area contributed by atoms with Crippen LogP contribution in [0, 0.1) is 24.4 Å². The number of imidazole rings is 1. The van der Waals surface area contributed by atoms with Crippen molar-refractivity contribution in [3.63, 3.8) is 0 Å². The number of pyridine rings is 1. The maximum Gasteiger partial charge on any atom is 0.417 e. The van der Waals surface area contributed by atoms with Gasteiger partial charge < -0.3 is 14.3 Å². The minimum Gasteiger partial charge on any atom is -0.382 e. The van der Waals surface area contributed by atoms with Gasteiger partial charge in [0.15, 0.2) is 17.5 Å². The van der Waals surface area contributed by atoms with Crippen molar-refractivity contribution in [1.29, 1.82) is 0 Å². The van der Waals surface area contributed by atoms with Gasteiger partial charge in [0.2, 0.25) is 5.78 Å². The number of hydrogen-bond acceptors (Lipinski definition) is 3. The molecule has 0 unspecified atom stereocenters. The molecular formula is C27H18F6N4O. The Labute approximate surface area is 211 Å². The van der Waals surface area contributed by atoms with Crippen molar-refractivity contribution in [2.24, 2.45) is 7.05 Å². The van der Waals surface area contributed by atoms with E-state index >= 15 is 0 Å². The molecule has 1 aliphatic heterocycles. The molecule has 1 aliphatic rings. The fourth-order valence-corrected chi connectivity index (χ4v) is 5.18. The van der Waals surface area contributed by atoms with Crippen molar-refractivity contribution >= 4 is 28.0 Å². The largest absolute Gasteiger partial charge is 0.417 e. The Morgan fingerprint density at radius 2 is 1.79 bits per heavy atom. The summed E-state index contributed by atoms with van der Waals surface area (Å²) in [5.74, 6) is -5.00. The first-order chi connectivity index (χ1) is 18.0. The van der Waals surface area contributed by atoms with Gasteiger partial charge in [0.1, 0.15) is 11.3 Å². The molecule has 0 amide bonds. The summed E-state index contributed by atoms with van der Waals surface area (Å²) in [5.41, 5.74) is 0.668. The number of carbonyl (C=O) groups is 1. The van der Waals surface area contributed by atoms with Crippen LogP contribution in [0.5, 0.6) is 0 Å². The zero-order valence-electron chi connectivity index (χ0n) is 20.0. The van der Waals surface area contributed by atoms with Gasteiger partial charge in [-0.05, 0) is 49.2 Å². The smallest absolute Gasteiger partial charge is 0.382 e. The average Bonchev–Trinajstić information content (AvgIpc) is 3.36. The topological polar surface area (TPSA) is 51.3 Å². The summed E-state index contributed by atoms with van der Waals surface area (Å²) >= 11 is 0. The van der Waals surface area contributed by atoms with E-state index in [0.717, 1.165) is 6.07 Å². The lowest BCUT2D eigenvalue weighted by molar-refractivity contribution is -0.137. The number of ketones is 1. The number of aromatic nitrogens is 3. The van der Waals surface area contributed by atoms with Crippen molar-refractivity contribution in [3.05, 3.63) is 88.3 Å². The Bertz CT molecular complexity index is 1790. The highest BCUT2D eigenvalue weighted by Gasteiger charge is 2.38. The van der Waals surface area contributed by atoms with Crippen LogP contribution in [0.15, 0.2) is 42.6 Å². The molecule has 2 aromatic carbocycles. The highest BCUT2D eigenvalue weighted by Crippen LogP contribution is 2.47. The van der Waals surface area contributed by atoms with Gasteiger partial charge in [-0.3, -0.25) is 4.79 Å². The second-order valence-electron chi connectivity index (χ2n) is 9.21. The molecule has 3 aromatic heterocycles.